The van der Waals surface area contributed by atoms with E-state index in [1.165, 1.54) is 11.8 Å². The Morgan fingerprint density at radius 2 is 2.04 bits per heavy atom. The third-order valence-electron chi connectivity index (χ3n) is 2.92. The van der Waals surface area contributed by atoms with Crippen LogP contribution in [0.2, 0.25) is 10.0 Å². The highest BCUT2D eigenvalue weighted by molar-refractivity contribution is 7.99. The Hall–Kier alpha value is -1.40. The maximum atomic E-state index is 12.0. The smallest absolute Gasteiger partial charge is 0.234 e. The van der Waals surface area contributed by atoms with Crippen molar-refractivity contribution in [2.45, 2.75) is 5.09 Å². The third-order valence-corrected chi connectivity index (χ3v) is 5.53. The fraction of sp³-hybridized carbons (Fsp3) is 0.0625. The molecule has 2 heterocycles. The van der Waals surface area contributed by atoms with Gasteiger partial charge in [0, 0.05) is 0 Å². The highest BCUT2D eigenvalue weighted by Crippen LogP contribution is 2.32. The van der Waals surface area contributed by atoms with E-state index in [4.69, 9.17) is 27.6 Å². The first kappa shape index (κ1) is 16.5. The van der Waals surface area contributed by atoms with Crippen LogP contribution in [0.1, 0.15) is 0 Å². The van der Waals surface area contributed by atoms with E-state index in [9.17, 15) is 4.79 Å². The molecule has 1 amide bonds. The van der Waals surface area contributed by atoms with Gasteiger partial charge in [-0.1, -0.05) is 47.1 Å². The van der Waals surface area contributed by atoms with Gasteiger partial charge in [0.2, 0.25) is 5.91 Å². The highest BCUT2D eigenvalue weighted by Gasteiger charge is 2.11. The topological polar surface area (TPSA) is 42.2 Å². The highest BCUT2D eigenvalue weighted by atomic mass is 35.5. The molecule has 2 aromatic heterocycles. The Kier molecular flexibility index (Phi) is 5.33. The zero-order valence-corrected chi connectivity index (χ0v) is 14.9. The first-order valence-electron chi connectivity index (χ1n) is 6.64. The molecule has 3 nitrogen and oxygen atoms in total. The molecule has 0 radical (unpaired) electrons. The number of thiophene rings is 1. The summed E-state index contributed by atoms with van der Waals surface area (Å²) < 4.78 is 5.72. The summed E-state index contributed by atoms with van der Waals surface area (Å²) in [7, 11) is 0. The van der Waals surface area contributed by atoms with Gasteiger partial charge in [0.25, 0.3) is 0 Å². The minimum absolute atomic E-state index is 0.173. The number of benzene rings is 1. The number of carbonyl (C=O) groups is 1. The number of furan rings is 1. The first-order chi connectivity index (χ1) is 11.1. The van der Waals surface area contributed by atoms with Crippen molar-refractivity contribution in [1.82, 2.24) is 0 Å². The Bertz CT molecular complexity index is 815. The third kappa shape index (κ3) is 4.12. The van der Waals surface area contributed by atoms with Gasteiger partial charge in [0.05, 0.1) is 26.4 Å². The molecule has 1 aromatic carbocycles. The molecule has 0 unspecified atom stereocenters. The lowest BCUT2D eigenvalue weighted by molar-refractivity contribution is -0.113. The summed E-state index contributed by atoms with van der Waals surface area (Å²) in [4.78, 5) is 13.1. The average molecular weight is 384 g/mol. The number of hydrogen-bond acceptors (Lipinski definition) is 4. The van der Waals surface area contributed by atoms with Crippen molar-refractivity contribution in [3.63, 3.8) is 0 Å². The van der Waals surface area contributed by atoms with E-state index in [0.29, 0.717) is 20.8 Å². The van der Waals surface area contributed by atoms with Crippen molar-refractivity contribution < 1.29 is 9.21 Å². The monoisotopic (exact) mass is 383 g/mol. The largest absolute Gasteiger partial charge is 0.449 e. The Balaban J connectivity index is 1.58. The van der Waals surface area contributed by atoms with Crippen LogP contribution < -0.4 is 5.32 Å². The number of halogens is 2. The van der Waals surface area contributed by atoms with Gasteiger partial charge in [-0.2, -0.15) is 0 Å². The molecule has 1 N–H and O–H groups in total. The maximum Gasteiger partial charge on any atom is 0.234 e. The van der Waals surface area contributed by atoms with Gasteiger partial charge in [-0.3, -0.25) is 4.79 Å². The summed E-state index contributed by atoms with van der Waals surface area (Å²) in [6, 6.07) is 12.8. The lowest BCUT2D eigenvalue weighted by Gasteiger charge is -2.07. The zero-order valence-electron chi connectivity index (χ0n) is 11.7. The fourth-order valence-corrected chi connectivity index (χ4v) is 3.57. The molecular formula is C16H11Cl2NO2S2. The number of hydrogen-bond donors (Lipinski definition) is 1. The van der Waals surface area contributed by atoms with Crippen LogP contribution in [-0.2, 0) is 4.79 Å². The summed E-state index contributed by atoms with van der Waals surface area (Å²) >= 11 is 14.9. The Morgan fingerprint density at radius 1 is 1.17 bits per heavy atom. The molecule has 0 spiro atoms. The SMILES string of the molecule is O=C(CSc1ccc(-c2cccs2)o1)Nc1cccc(Cl)c1Cl. The normalized spacial score (nSPS) is 10.7. The van der Waals surface area contributed by atoms with Crippen molar-refractivity contribution >= 4 is 57.9 Å². The summed E-state index contributed by atoms with van der Waals surface area (Å²) in [5.74, 6) is 0.856. The molecule has 0 atom stereocenters. The van der Waals surface area contributed by atoms with Crippen molar-refractivity contribution in [2.75, 3.05) is 11.1 Å². The van der Waals surface area contributed by atoms with Crippen molar-refractivity contribution in [1.29, 1.82) is 0 Å². The van der Waals surface area contributed by atoms with Gasteiger partial charge < -0.3 is 9.73 Å². The number of nitrogens with one attached hydrogen (secondary N) is 1. The lowest BCUT2D eigenvalue weighted by Crippen LogP contribution is -2.14. The molecule has 0 saturated heterocycles. The molecule has 3 aromatic rings. The van der Waals surface area contributed by atoms with E-state index in [-0.39, 0.29) is 11.7 Å². The van der Waals surface area contributed by atoms with Crippen LogP contribution in [0.25, 0.3) is 10.6 Å². The molecule has 0 aliphatic rings. The fourth-order valence-electron chi connectivity index (χ4n) is 1.87. The molecule has 3 rings (SSSR count). The maximum absolute atomic E-state index is 12.0. The average Bonchev–Trinajstić information content (AvgIpc) is 3.20. The second-order valence-corrected chi connectivity index (χ2v) is 7.25. The van der Waals surface area contributed by atoms with Crippen LogP contribution in [0.15, 0.2) is 57.4 Å². The van der Waals surface area contributed by atoms with E-state index in [2.05, 4.69) is 5.32 Å². The molecule has 7 heteroatoms. The number of amides is 1. The summed E-state index contributed by atoms with van der Waals surface area (Å²) in [6.45, 7) is 0. The molecular weight excluding hydrogens is 373 g/mol. The molecule has 118 valence electrons. The van der Waals surface area contributed by atoms with Crippen LogP contribution in [0.4, 0.5) is 5.69 Å². The molecule has 23 heavy (non-hydrogen) atoms. The van der Waals surface area contributed by atoms with Crippen LogP contribution >= 0.6 is 46.3 Å². The number of anilines is 1. The number of rotatable bonds is 5. The Morgan fingerprint density at radius 3 is 2.83 bits per heavy atom. The van der Waals surface area contributed by atoms with E-state index >= 15 is 0 Å². The van der Waals surface area contributed by atoms with Crippen LogP contribution in [-0.4, -0.2) is 11.7 Å². The minimum Gasteiger partial charge on any atom is -0.449 e. The standard InChI is InChI=1S/C16H11Cl2NO2S2/c17-10-3-1-4-11(16(10)18)19-14(20)9-23-15-7-6-12(21-15)13-5-2-8-22-13/h1-8H,9H2,(H,19,20). The predicted molar refractivity (Wildman–Crippen MR) is 97.8 cm³/mol. The van der Waals surface area contributed by atoms with E-state index in [1.807, 2.05) is 29.6 Å². The van der Waals surface area contributed by atoms with Gasteiger partial charge >= 0.3 is 0 Å². The summed E-state index contributed by atoms with van der Waals surface area (Å²) in [5.41, 5.74) is 0.503. The molecule has 0 saturated carbocycles. The molecule has 0 aliphatic heterocycles. The van der Waals surface area contributed by atoms with Gasteiger partial charge in [-0.15, -0.1) is 11.3 Å². The second kappa shape index (κ2) is 7.45. The van der Waals surface area contributed by atoms with Crippen LogP contribution in [0.5, 0.6) is 0 Å². The van der Waals surface area contributed by atoms with Crippen molar-refractivity contribution in [2.24, 2.45) is 0 Å². The van der Waals surface area contributed by atoms with Gasteiger partial charge in [0.1, 0.15) is 5.76 Å². The summed E-state index contributed by atoms with van der Waals surface area (Å²) in [6.07, 6.45) is 0. The van der Waals surface area contributed by atoms with Crippen LogP contribution in [0, 0.1) is 0 Å². The molecule has 0 aliphatic carbocycles. The van der Waals surface area contributed by atoms with Gasteiger partial charge in [0.15, 0.2) is 5.09 Å². The molecule has 0 fully saturated rings. The number of thioether (sulfide) groups is 1. The number of carbonyl (C=O) groups excluding carboxylic acids is 1. The van der Waals surface area contributed by atoms with E-state index in [0.717, 1.165) is 10.6 Å². The Labute approximate surface area is 151 Å². The summed E-state index contributed by atoms with van der Waals surface area (Å²) in [5, 5.41) is 6.17. The zero-order chi connectivity index (χ0) is 16.2. The predicted octanol–water partition coefficient (Wildman–Crippen LogP) is 6.05. The van der Waals surface area contributed by atoms with Gasteiger partial charge in [-0.05, 0) is 35.7 Å². The van der Waals surface area contributed by atoms with Crippen LogP contribution in [0.3, 0.4) is 0 Å². The van der Waals surface area contributed by atoms with Gasteiger partial charge in [-0.25, -0.2) is 0 Å². The van der Waals surface area contributed by atoms with Crippen molar-refractivity contribution in [3.8, 4) is 10.6 Å². The van der Waals surface area contributed by atoms with E-state index < -0.39 is 0 Å². The quantitative estimate of drug-likeness (QED) is 0.545. The second-order valence-electron chi connectivity index (χ2n) is 4.53. The van der Waals surface area contributed by atoms with E-state index in [1.54, 1.807) is 29.5 Å². The van der Waals surface area contributed by atoms with Crippen molar-refractivity contribution in [3.05, 3.63) is 57.9 Å². The molecule has 0 bridgehead atoms. The first-order valence-corrected chi connectivity index (χ1v) is 9.26. The minimum atomic E-state index is -0.173. The lowest BCUT2D eigenvalue weighted by atomic mass is 10.3.